The second-order valence-electron chi connectivity index (χ2n) is 5.42. The van der Waals surface area contributed by atoms with Crippen LogP contribution in [-0.2, 0) is 9.59 Å². The topological polar surface area (TPSA) is 37.4 Å². The van der Waals surface area contributed by atoms with Gasteiger partial charge in [0.05, 0.1) is 0 Å². The van der Waals surface area contributed by atoms with Gasteiger partial charge in [0, 0.05) is 0 Å². The third kappa shape index (κ3) is 2.67. The minimum absolute atomic E-state index is 0.163. The molecule has 116 valence electrons. The van der Waals surface area contributed by atoms with Crippen LogP contribution >= 0.6 is 0 Å². The standard InChI is InChI=1S/C20H13NO2Se/c22-19-12-13-20(23)21(19)15-8-10-16(11-9-15)24-18-7-3-5-14-4-1-2-6-17(14)18/h1-13H. The predicted molar refractivity (Wildman–Crippen MR) is 97.0 cm³/mol. The number of carbonyl (C=O) groups excluding carboxylic acids is 2. The van der Waals surface area contributed by atoms with E-state index in [-0.39, 0.29) is 26.8 Å². The van der Waals surface area contributed by atoms with Gasteiger partial charge in [-0.3, -0.25) is 0 Å². The number of amides is 2. The number of hydrogen-bond acceptors (Lipinski definition) is 2. The number of fused-ring (bicyclic) bond motifs is 1. The summed E-state index contributed by atoms with van der Waals surface area (Å²) in [6.45, 7) is 0. The van der Waals surface area contributed by atoms with Gasteiger partial charge in [0.15, 0.2) is 0 Å². The van der Waals surface area contributed by atoms with Gasteiger partial charge in [-0.25, -0.2) is 0 Å². The van der Waals surface area contributed by atoms with Gasteiger partial charge in [0.2, 0.25) is 0 Å². The molecule has 4 heteroatoms. The first-order valence-corrected chi connectivity index (χ1v) is 9.25. The van der Waals surface area contributed by atoms with Crippen molar-refractivity contribution < 1.29 is 9.59 Å². The molecule has 0 saturated heterocycles. The number of benzene rings is 3. The molecular weight excluding hydrogens is 365 g/mol. The van der Waals surface area contributed by atoms with Crippen LogP contribution in [-0.4, -0.2) is 26.8 Å². The normalized spacial score (nSPS) is 13.9. The summed E-state index contributed by atoms with van der Waals surface area (Å²) in [5.41, 5.74) is 0.618. The van der Waals surface area contributed by atoms with Gasteiger partial charge in [0.25, 0.3) is 0 Å². The Morgan fingerprint density at radius 1 is 0.708 bits per heavy atom. The molecule has 1 aliphatic rings. The summed E-state index contributed by atoms with van der Waals surface area (Å²) in [5.74, 6) is -0.570. The van der Waals surface area contributed by atoms with Gasteiger partial charge in [0.1, 0.15) is 0 Å². The van der Waals surface area contributed by atoms with Crippen molar-refractivity contribution in [2.45, 2.75) is 0 Å². The van der Waals surface area contributed by atoms with Gasteiger partial charge >= 0.3 is 146 Å². The van der Waals surface area contributed by atoms with Crippen molar-refractivity contribution in [1.82, 2.24) is 0 Å². The van der Waals surface area contributed by atoms with Gasteiger partial charge in [-0.15, -0.1) is 0 Å². The molecule has 0 N–H and O–H groups in total. The van der Waals surface area contributed by atoms with E-state index in [9.17, 15) is 9.59 Å². The summed E-state index contributed by atoms with van der Waals surface area (Å²) in [5, 5.41) is 2.52. The van der Waals surface area contributed by atoms with E-state index in [0.29, 0.717) is 5.69 Å². The summed E-state index contributed by atoms with van der Waals surface area (Å²) >= 11 is 0.163. The molecule has 0 atom stereocenters. The molecule has 3 aromatic carbocycles. The Kier molecular flexibility index (Phi) is 3.77. The van der Waals surface area contributed by atoms with Crippen molar-refractivity contribution in [1.29, 1.82) is 0 Å². The molecular formula is C20H13NO2Se. The Morgan fingerprint density at radius 3 is 2.12 bits per heavy atom. The molecule has 0 radical (unpaired) electrons. The second kappa shape index (κ2) is 6.08. The summed E-state index contributed by atoms with van der Waals surface area (Å²) in [6, 6.07) is 22.4. The molecule has 0 aromatic heterocycles. The van der Waals surface area contributed by atoms with Crippen LogP contribution in [0.3, 0.4) is 0 Å². The van der Waals surface area contributed by atoms with Crippen LogP contribution in [0.1, 0.15) is 0 Å². The number of hydrogen-bond donors (Lipinski definition) is 0. The molecule has 3 aromatic rings. The Balaban J connectivity index is 1.62. The van der Waals surface area contributed by atoms with E-state index >= 15 is 0 Å². The average molecular weight is 378 g/mol. The first-order valence-electron chi connectivity index (χ1n) is 7.54. The Hall–Kier alpha value is -2.68. The van der Waals surface area contributed by atoms with E-state index in [1.54, 1.807) is 0 Å². The number of nitrogens with zero attached hydrogens (tertiary/aromatic N) is 1. The van der Waals surface area contributed by atoms with Crippen molar-refractivity contribution in [3.63, 3.8) is 0 Å². The van der Waals surface area contributed by atoms with Crippen LogP contribution in [0.25, 0.3) is 10.8 Å². The van der Waals surface area contributed by atoms with Crippen LogP contribution in [0.4, 0.5) is 5.69 Å². The molecule has 3 nitrogen and oxygen atoms in total. The molecule has 0 unspecified atom stereocenters. The van der Waals surface area contributed by atoms with Crippen molar-refractivity contribution in [3.8, 4) is 0 Å². The number of anilines is 1. The van der Waals surface area contributed by atoms with E-state index in [2.05, 4.69) is 36.4 Å². The molecule has 0 aliphatic carbocycles. The number of rotatable bonds is 3. The average Bonchev–Trinajstić information content (AvgIpc) is 2.95. The molecule has 24 heavy (non-hydrogen) atoms. The zero-order valence-corrected chi connectivity index (χ0v) is 14.4. The first kappa shape index (κ1) is 14.9. The number of carbonyl (C=O) groups is 2. The van der Waals surface area contributed by atoms with Gasteiger partial charge < -0.3 is 0 Å². The molecule has 1 heterocycles. The molecule has 0 spiro atoms. The van der Waals surface area contributed by atoms with Gasteiger partial charge in [-0.1, -0.05) is 0 Å². The Morgan fingerprint density at radius 2 is 1.38 bits per heavy atom. The Bertz CT molecular complexity index is 953. The second-order valence-corrected chi connectivity index (χ2v) is 7.76. The molecule has 1 aliphatic heterocycles. The van der Waals surface area contributed by atoms with Crippen molar-refractivity contribution in [3.05, 3.63) is 78.9 Å². The van der Waals surface area contributed by atoms with E-state index in [4.69, 9.17) is 0 Å². The number of imide groups is 1. The van der Waals surface area contributed by atoms with E-state index in [1.165, 1.54) is 36.7 Å². The fourth-order valence-corrected chi connectivity index (χ4v) is 4.76. The first-order chi connectivity index (χ1) is 11.7. The van der Waals surface area contributed by atoms with Crippen LogP contribution < -0.4 is 13.8 Å². The van der Waals surface area contributed by atoms with Crippen LogP contribution in [0.5, 0.6) is 0 Å². The van der Waals surface area contributed by atoms with Crippen molar-refractivity contribution in [2.75, 3.05) is 4.90 Å². The fraction of sp³-hybridized carbons (Fsp3) is 0. The molecule has 0 bridgehead atoms. The van der Waals surface area contributed by atoms with Gasteiger partial charge in [-0.05, 0) is 0 Å². The SMILES string of the molecule is O=C1C=CC(=O)N1c1ccc([Se]c2cccc3ccccc23)cc1. The molecule has 4 rings (SSSR count). The maximum atomic E-state index is 11.7. The van der Waals surface area contributed by atoms with E-state index in [1.807, 2.05) is 30.3 Å². The molecule has 0 saturated carbocycles. The van der Waals surface area contributed by atoms with Crippen LogP contribution in [0.2, 0.25) is 0 Å². The van der Waals surface area contributed by atoms with E-state index in [0.717, 1.165) is 0 Å². The van der Waals surface area contributed by atoms with Crippen LogP contribution in [0, 0.1) is 0 Å². The summed E-state index contributed by atoms with van der Waals surface area (Å²) < 4.78 is 2.53. The predicted octanol–water partition coefficient (Wildman–Crippen LogP) is 1.92. The third-order valence-corrected chi connectivity index (χ3v) is 6.16. The molecule has 2 amide bonds. The van der Waals surface area contributed by atoms with Gasteiger partial charge in [-0.2, -0.15) is 0 Å². The maximum absolute atomic E-state index is 11.7. The Labute approximate surface area is 145 Å². The fourth-order valence-electron chi connectivity index (χ4n) is 2.73. The third-order valence-electron chi connectivity index (χ3n) is 3.88. The quantitative estimate of drug-likeness (QED) is 0.516. The van der Waals surface area contributed by atoms with Crippen LogP contribution in [0.15, 0.2) is 78.9 Å². The van der Waals surface area contributed by atoms with Crippen molar-refractivity contribution >= 4 is 52.2 Å². The summed E-state index contributed by atoms with van der Waals surface area (Å²) in [7, 11) is 0. The zero-order valence-electron chi connectivity index (χ0n) is 12.7. The summed E-state index contributed by atoms with van der Waals surface area (Å²) in [6.07, 6.45) is 2.60. The zero-order chi connectivity index (χ0) is 16.5. The van der Waals surface area contributed by atoms with E-state index < -0.39 is 0 Å². The monoisotopic (exact) mass is 379 g/mol. The minimum atomic E-state index is -0.285. The molecule has 0 fully saturated rings. The van der Waals surface area contributed by atoms with Crippen molar-refractivity contribution in [2.24, 2.45) is 0 Å². The summed E-state index contributed by atoms with van der Waals surface area (Å²) in [4.78, 5) is 24.6.